The molecule has 0 fully saturated rings. The topological polar surface area (TPSA) is 75.5 Å². The van der Waals surface area contributed by atoms with Crippen LogP contribution in [0.25, 0.3) is 5.70 Å². The Morgan fingerprint density at radius 3 is 2.59 bits per heavy atom. The number of carbonyl (C=O) groups excluding carboxylic acids is 1. The Morgan fingerprint density at radius 2 is 1.78 bits per heavy atom. The molecule has 0 unspecified atom stereocenters. The lowest BCUT2D eigenvalue weighted by atomic mass is 10.1. The van der Waals surface area contributed by atoms with E-state index in [2.05, 4.69) is 12.2 Å². The predicted octanol–water partition coefficient (Wildman–Crippen LogP) is 4.34. The van der Waals surface area contributed by atoms with Gasteiger partial charge < -0.3 is 9.47 Å². The third-order valence-electron chi connectivity index (χ3n) is 6.05. The fourth-order valence-electron chi connectivity index (χ4n) is 4.23. The third kappa shape index (κ3) is 5.49. The normalized spacial score (nSPS) is 16.2. The van der Waals surface area contributed by atoms with E-state index in [0.717, 1.165) is 40.3 Å². The standard InChI is InChI=1S/C29H30N4O3S/c1-3-5-17-37-29-31-28(34)26-22-13-9-10-14-23(22)30-27(33(26)32-29)21-15-16-24(25(18-21)35-4-2)36-19-20-11-7-6-8-12-20/h6-16,18,27H,3-5,17,19H2,1-2H3,(H,31,32,34)/t27-/m0/s1. The molecule has 0 bridgehead atoms. The SMILES string of the molecule is CCCCSC1=NN2C(=c3ccccc3=N[C@@H]2c2ccc(OCc3ccccc3)c(OCC)c2)C(=O)N1. The van der Waals surface area contributed by atoms with Crippen LogP contribution in [0, 0.1) is 0 Å². The lowest BCUT2D eigenvalue weighted by molar-refractivity contribution is -0.116. The van der Waals surface area contributed by atoms with E-state index in [4.69, 9.17) is 19.6 Å². The van der Waals surface area contributed by atoms with E-state index >= 15 is 0 Å². The van der Waals surface area contributed by atoms with Gasteiger partial charge >= 0.3 is 0 Å². The number of ether oxygens (including phenoxy) is 2. The van der Waals surface area contributed by atoms with Crippen molar-refractivity contribution in [2.24, 2.45) is 10.1 Å². The van der Waals surface area contributed by atoms with Gasteiger partial charge in [0.2, 0.25) is 0 Å². The summed E-state index contributed by atoms with van der Waals surface area (Å²) in [6, 6.07) is 23.5. The molecular weight excluding hydrogens is 484 g/mol. The Hall–Kier alpha value is -3.78. The van der Waals surface area contributed by atoms with E-state index in [9.17, 15) is 4.79 Å². The van der Waals surface area contributed by atoms with E-state index in [1.807, 2.05) is 79.7 Å². The highest BCUT2D eigenvalue weighted by atomic mass is 32.2. The predicted molar refractivity (Wildman–Crippen MR) is 147 cm³/mol. The van der Waals surface area contributed by atoms with Gasteiger partial charge in [-0.05, 0) is 37.1 Å². The third-order valence-corrected chi connectivity index (χ3v) is 7.00. The van der Waals surface area contributed by atoms with Crippen molar-refractivity contribution in [3.63, 3.8) is 0 Å². The Balaban J connectivity index is 1.52. The Kier molecular flexibility index (Phi) is 7.75. The van der Waals surface area contributed by atoms with Crippen LogP contribution < -0.4 is 25.4 Å². The molecule has 5 rings (SSSR count). The van der Waals surface area contributed by atoms with Gasteiger partial charge in [-0.1, -0.05) is 79.7 Å². The van der Waals surface area contributed by atoms with Gasteiger partial charge in [0.05, 0.1) is 12.0 Å². The summed E-state index contributed by atoms with van der Waals surface area (Å²) in [5, 5.41) is 11.7. The second-order valence-corrected chi connectivity index (χ2v) is 9.77. The maximum Gasteiger partial charge on any atom is 0.276 e. The highest BCUT2D eigenvalue weighted by Crippen LogP contribution is 2.36. The van der Waals surface area contributed by atoms with Gasteiger partial charge in [0.15, 0.2) is 22.8 Å². The summed E-state index contributed by atoms with van der Waals surface area (Å²) < 4.78 is 12.1. The number of unbranched alkanes of at least 4 members (excludes halogenated alkanes) is 1. The molecule has 0 aromatic heterocycles. The van der Waals surface area contributed by atoms with E-state index in [0.29, 0.717) is 35.6 Å². The number of hydrogen-bond acceptors (Lipinski definition) is 7. The molecule has 37 heavy (non-hydrogen) atoms. The second-order valence-electron chi connectivity index (χ2n) is 8.69. The van der Waals surface area contributed by atoms with Gasteiger partial charge in [0.1, 0.15) is 12.3 Å². The van der Waals surface area contributed by atoms with Crippen molar-refractivity contribution >= 4 is 28.5 Å². The highest BCUT2D eigenvalue weighted by Gasteiger charge is 2.34. The van der Waals surface area contributed by atoms with Gasteiger partial charge in [-0.15, -0.1) is 5.10 Å². The summed E-state index contributed by atoms with van der Waals surface area (Å²) in [5.41, 5.74) is 2.44. The summed E-state index contributed by atoms with van der Waals surface area (Å²) in [7, 11) is 0. The molecule has 8 heteroatoms. The number of amidine groups is 1. The van der Waals surface area contributed by atoms with Crippen molar-refractivity contribution in [2.45, 2.75) is 39.5 Å². The number of hydrazone groups is 1. The molecule has 0 spiro atoms. The van der Waals surface area contributed by atoms with Crippen LogP contribution in [0.1, 0.15) is 44.0 Å². The molecule has 2 aliphatic rings. The van der Waals surface area contributed by atoms with E-state index < -0.39 is 6.17 Å². The second kappa shape index (κ2) is 11.5. The zero-order chi connectivity index (χ0) is 25.6. The number of nitrogens with zero attached hydrogens (tertiary/aromatic N) is 3. The molecule has 3 aromatic carbocycles. The highest BCUT2D eigenvalue weighted by molar-refractivity contribution is 8.13. The van der Waals surface area contributed by atoms with Crippen LogP contribution in [-0.2, 0) is 11.4 Å². The average Bonchev–Trinajstić information content (AvgIpc) is 2.92. The average molecular weight is 515 g/mol. The van der Waals surface area contributed by atoms with Crippen molar-refractivity contribution in [3.05, 3.63) is 94.5 Å². The number of thioether (sulfide) groups is 1. The molecule has 2 heterocycles. The van der Waals surface area contributed by atoms with Gasteiger partial charge in [-0.2, -0.15) is 0 Å². The lowest BCUT2D eigenvalue weighted by Gasteiger charge is -2.34. The monoisotopic (exact) mass is 514 g/mol. The Labute approximate surface area is 220 Å². The number of carbonyl (C=O) groups is 1. The van der Waals surface area contributed by atoms with E-state index in [1.165, 1.54) is 0 Å². The first kappa shape index (κ1) is 24.9. The number of benzene rings is 3. The van der Waals surface area contributed by atoms with Crippen LogP contribution in [0.5, 0.6) is 11.5 Å². The quantitative estimate of drug-likeness (QED) is 0.430. The molecule has 0 saturated heterocycles. The van der Waals surface area contributed by atoms with Crippen molar-refractivity contribution in [1.29, 1.82) is 0 Å². The van der Waals surface area contributed by atoms with Gasteiger partial charge in [-0.25, -0.2) is 5.01 Å². The van der Waals surface area contributed by atoms with Crippen LogP contribution in [-0.4, -0.2) is 28.4 Å². The van der Waals surface area contributed by atoms with Gasteiger partial charge in [0.25, 0.3) is 5.91 Å². The number of nitrogens with one attached hydrogen (secondary N) is 1. The van der Waals surface area contributed by atoms with Crippen molar-refractivity contribution < 1.29 is 14.3 Å². The number of amides is 1. The largest absolute Gasteiger partial charge is 0.490 e. The van der Waals surface area contributed by atoms with Crippen molar-refractivity contribution in [2.75, 3.05) is 12.4 Å². The maximum absolute atomic E-state index is 13.3. The minimum Gasteiger partial charge on any atom is -0.490 e. The molecule has 190 valence electrons. The molecule has 7 nitrogen and oxygen atoms in total. The first-order valence-electron chi connectivity index (χ1n) is 12.6. The number of hydrogen-bond donors (Lipinski definition) is 1. The zero-order valence-corrected chi connectivity index (χ0v) is 21.8. The van der Waals surface area contributed by atoms with Crippen LogP contribution in [0.3, 0.4) is 0 Å². The first-order chi connectivity index (χ1) is 18.2. The minimum absolute atomic E-state index is 0.172. The van der Waals surface area contributed by atoms with Gasteiger partial charge in [-0.3, -0.25) is 15.1 Å². The summed E-state index contributed by atoms with van der Waals surface area (Å²) in [5.74, 6) is 2.01. The Bertz CT molecular complexity index is 1420. The van der Waals surface area contributed by atoms with Crippen LogP contribution in [0.4, 0.5) is 0 Å². The smallest absolute Gasteiger partial charge is 0.276 e. The number of para-hydroxylation sites is 1. The number of fused-ring (bicyclic) bond motifs is 2. The van der Waals surface area contributed by atoms with E-state index in [1.54, 1.807) is 16.8 Å². The van der Waals surface area contributed by atoms with Crippen molar-refractivity contribution in [3.8, 4) is 11.5 Å². The fourth-order valence-corrected chi connectivity index (χ4v) is 5.17. The molecule has 0 saturated carbocycles. The molecule has 1 N–H and O–H groups in total. The molecule has 0 radical (unpaired) electrons. The Morgan fingerprint density at radius 1 is 0.973 bits per heavy atom. The van der Waals surface area contributed by atoms with Crippen LogP contribution >= 0.6 is 11.8 Å². The zero-order valence-electron chi connectivity index (χ0n) is 21.0. The van der Waals surface area contributed by atoms with E-state index in [-0.39, 0.29) is 5.91 Å². The molecule has 1 amide bonds. The fraction of sp³-hybridized carbons (Fsp3) is 0.276. The molecular formula is C29H30N4O3S. The molecule has 0 aliphatic carbocycles. The molecule has 1 atom stereocenters. The summed E-state index contributed by atoms with van der Waals surface area (Å²) in [6.07, 6.45) is 1.62. The maximum atomic E-state index is 13.3. The van der Waals surface area contributed by atoms with Gasteiger partial charge in [0, 0.05) is 16.5 Å². The molecule has 2 aliphatic heterocycles. The van der Waals surface area contributed by atoms with Crippen LogP contribution in [0.2, 0.25) is 0 Å². The van der Waals surface area contributed by atoms with Crippen LogP contribution in [0.15, 0.2) is 82.9 Å². The summed E-state index contributed by atoms with van der Waals surface area (Å²) in [4.78, 5) is 18.3. The minimum atomic E-state index is -0.514. The first-order valence-corrected chi connectivity index (χ1v) is 13.6. The summed E-state index contributed by atoms with van der Waals surface area (Å²) >= 11 is 1.55. The molecule has 3 aromatic rings. The lowest BCUT2D eigenvalue weighted by Crippen LogP contribution is -2.50. The summed E-state index contributed by atoms with van der Waals surface area (Å²) in [6.45, 7) is 5.02. The number of rotatable bonds is 9. The van der Waals surface area contributed by atoms with Crippen molar-refractivity contribution in [1.82, 2.24) is 10.3 Å².